The molecule has 0 aliphatic carbocycles. The fourth-order valence-corrected chi connectivity index (χ4v) is 3.14. The molecule has 4 aromatic carbocycles. The van der Waals surface area contributed by atoms with Gasteiger partial charge in [0, 0.05) is 16.9 Å². The molecule has 0 fully saturated rings. The maximum atomic E-state index is 9.69. The first-order chi connectivity index (χ1) is 12.8. The van der Waals surface area contributed by atoms with E-state index in [1.807, 2.05) is 36.4 Å². The highest BCUT2D eigenvalue weighted by Gasteiger charge is 2.16. The van der Waals surface area contributed by atoms with Gasteiger partial charge in [-0.1, -0.05) is 66.7 Å². The van der Waals surface area contributed by atoms with Crippen molar-refractivity contribution >= 4 is 17.1 Å². The second-order valence-electron chi connectivity index (χ2n) is 6.07. The van der Waals surface area contributed by atoms with Gasteiger partial charge in [0.25, 0.3) is 0 Å². The van der Waals surface area contributed by atoms with E-state index in [1.165, 1.54) is 5.56 Å². The van der Waals surface area contributed by atoms with Gasteiger partial charge in [0.15, 0.2) is 0 Å². The van der Waals surface area contributed by atoms with Crippen molar-refractivity contribution in [2.24, 2.45) is 0 Å². The smallest absolute Gasteiger partial charge is 0.115 e. The number of aromatic hydroxyl groups is 1. The topological polar surface area (TPSA) is 23.5 Å². The lowest BCUT2D eigenvalue weighted by Gasteiger charge is -2.27. The minimum Gasteiger partial charge on any atom is -0.508 e. The van der Waals surface area contributed by atoms with E-state index in [4.69, 9.17) is 0 Å². The molecule has 0 heterocycles. The largest absolute Gasteiger partial charge is 0.508 e. The molecule has 0 atom stereocenters. The van der Waals surface area contributed by atoms with E-state index in [9.17, 15) is 5.11 Å². The molecule has 126 valence electrons. The number of phenols is 1. The summed E-state index contributed by atoms with van der Waals surface area (Å²) in [6.45, 7) is 0. The first-order valence-corrected chi connectivity index (χ1v) is 8.61. The van der Waals surface area contributed by atoms with Gasteiger partial charge in [0.05, 0.1) is 5.69 Å². The van der Waals surface area contributed by atoms with Gasteiger partial charge in [0.2, 0.25) is 0 Å². The number of benzene rings is 4. The Morgan fingerprint density at radius 2 is 1.04 bits per heavy atom. The zero-order chi connectivity index (χ0) is 17.8. The van der Waals surface area contributed by atoms with Crippen molar-refractivity contribution in [1.82, 2.24) is 0 Å². The van der Waals surface area contributed by atoms with Crippen LogP contribution in [0.4, 0.5) is 17.1 Å². The van der Waals surface area contributed by atoms with E-state index in [1.54, 1.807) is 12.1 Å². The van der Waals surface area contributed by atoms with Crippen LogP contribution < -0.4 is 4.90 Å². The highest BCUT2D eigenvalue weighted by Crippen LogP contribution is 2.40. The van der Waals surface area contributed by atoms with E-state index in [0.717, 1.165) is 22.6 Å². The molecular formula is C24H19NO. The summed E-state index contributed by atoms with van der Waals surface area (Å²) in [4.78, 5) is 2.21. The molecule has 0 amide bonds. The first kappa shape index (κ1) is 16.0. The quantitative estimate of drug-likeness (QED) is 0.457. The molecule has 4 aromatic rings. The Bertz CT molecular complexity index is 979. The molecule has 2 nitrogen and oxygen atoms in total. The number of nitrogens with zero attached hydrogens (tertiary/aromatic N) is 1. The molecule has 4 rings (SSSR count). The molecule has 0 spiro atoms. The molecule has 0 aliphatic heterocycles. The van der Waals surface area contributed by atoms with E-state index in [0.29, 0.717) is 0 Å². The third kappa shape index (κ3) is 3.17. The van der Waals surface area contributed by atoms with Crippen LogP contribution in [0.25, 0.3) is 11.1 Å². The molecule has 0 aliphatic rings. The van der Waals surface area contributed by atoms with Crippen molar-refractivity contribution in [1.29, 1.82) is 0 Å². The Morgan fingerprint density at radius 1 is 0.500 bits per heavy atom. The monoisotopic (exact) mass is 337 g/mol. The van der Waals surface area contributed by atoms with Crippen molar-refractivity contribution in [3.05, 3.63) is 109 Å². The minimum atomic E-state index is 0.262. The van der Waals surface area contributed by atoms with E-state index in [2.05, 4.69) is 65.6 Å². The number of para-hydroxylation sites is 2. The molecule has 0 aromatic heterocycles. The molecule has 26 heavy (non-hydrogen) atoms. The van der Waals surface area contributed by atoms with Gasteiger partial charge in [-0.15, -0.1) is 0 Å². The van der Waals surface area contributed by atoms with Gasteiger partial charge >= 0.3 is 0 Å². The fraction of sp³-hybridized carbons (Fsp3) is 0. The van der Waals surface area contributed by atoms with Gasteiger partial charge in [-0.05, 0) is 48.0 Å². The van der Waals surface area contributed by atoms with E-state index < -0.39 is 0 Å². The van der Waals surface area contributed by atoms with Crippen molar-refractivity contribution in [3.63, 3.8) is 0 Å². The van der Waals surface area contributed by atoms with Crippen LogP contribution in [-0.2, 0) is 0 Å². The maximum Gasteiger partial charge on any atom is 0.115 e. The third-order valence-electron chi connectivity index (χ3n) is 4.35. The zero-order valence-corrected chi connectivity index (χ0v) is 14.3. The van der Waals surface area contributed by atoms with Gasteiger partial charge in [-0.2, -0.15) is 0 Å². The van der Waals surface area contributed by atoms with Crippen molar-refractivity contribution in [2.45, 2.75) is 0 Å². The summed E-state index contributed by atoms with van der Waals surface area (Å²) in [7, 11) is 0. The van der Waals surface area contributed by atoms with Crippen LogP contribution in [0.3, 0.4) is 0 Å². The van der Waals surface area contributed by atoms with Crippen LogP contribution in [0.2, 0.25) is 0 Å². The average Bonchev–Trinajstić information content (AvgIpc) is 2.72. The fourth-order valence-electron chi connectivity index (χ4n) is 3.14. The molecule has 2 heteroatoms. The molecule has 0 saturated carbocycles. The molecule has 0 radical (unpaired) electrons. The van der Waals surface area contributed by atoms with E-state index in [-0.39, 0.29) is 5.75 Å². The minimum absolute atomic E-state index is 0.262. The van der Waals surface area contributed by atoms with Crippen LogP contribution in [0.1, 0.15) is 0 Å². The Hall–Kier alpha value is -3.52. The van der Waals surface area contributed by atoms with Gasteiger partial charge < -0.3 is 10.0 Å². The van der Waals surface area contributed by atoms with Gasteiger partial charge in [-0.25, -0.2) is 0 Å². The lowest BCUT2D eigenvalue weighted by molar-refractivity contribution is 0.475. The van der Waals surface area contributed by atoms with Crippen LogP contribution in [0.5, 0.6) is 5.75 Å². The third-order valence-corrected chi connectivity index (χ3v) is 4.35. The van der Waals surface area contributed by atoms with Crippen LogP contribution in [-0.4, -0.2) is 5.11 Å². The molecule has 1 N–H and O–H groups in total. The summed E-state index contributed by atoms with van der Waals surface area (Å²) in [5, 5.41) is 9.69. The first-order valence-electron chi connectivity index (χ1n) is 8.61. The summed E-state index contributed by atoms with van der Waals surface area (Å²) >= 11 is 0. The standard InChI is InChI=1S/C24H19NO/c26-22-17-15-21(16-18-22)25(20-11-5-2-6-12-20)24-14-8-7-13-23(24)19-9-3-1-4-10-19/h1-18,26H. The lowest BCUT2D eigenvalue weighted by Crippen LogP contribution is -2.10. The van der Waals surface area contributed by atoms with Crippen LogP contribution in [0.15, 0.2) is 109 Å². The Labute approximate surface area is 153 Å². The number of rotatable bonds is 4. The Balaban J connectivity index is 1.92. The summed E-state index contributed by atoms with van der Waals surface area (Å²) in [6.07, 6.45) is 0. The molecule has 0 saturated heterocycles. The van der Waals surface area contributed by atoms with E-state index >= 15 is 0 Å². The van der Waals surface area contributed by atoms with Crippen molar-refractivity contribution in [2.75, 3.05) is 4.90 Å². The SMILES string of the molecule is Oc1ccc(N(c2ccccc2)c2ccccc2-c2ccccc2)cc1. The highest BCUT2D eigenvalue weighted by atomic mass is 16.3. The van der Waals surface area contributed by atoms with Crippen molar-refractivity contribution in [3.8, 4) is 16.9 Å². The van der Waals surface area contributed by atoms with Crippen LogP contribution >= 0.6 is 0 Å². The predicted octanol–water partition coefficient (Wildman–Crippen LogP) is 6.53. The second kappa shape index (κ2) is 7.16. The predicted molar refractivity (Wildman–Crippen MR) is 108 cm³/mol. The molecule has 0 bridgehead atoms. The summed E-state index contributed by atoms with van der Waals surface area (Å²) < 4.78 is 0. The number of anilines is 3. The van der Waals surface area contributed by atoms with Gasteiger partial charge in [0.1, 0.15) is 5.75 Å². The summed E-state index contributed by atoms with van der Waals surface area (Å²) in [5.74, 6) is 0.262. The number of hydrogen-bond donors (Lipinski definition) is 1. The van der Waals surface area contributed by atoms with Crippen molar-refractivity contribution < 1.29 is 5.11 Å². The lowest BCUT2D eigenvalue weighted by atomic mass is 10.0. The Kier molecular flexibility index (Phi) is 4.40. The maximum absolute atomic E-state index is 9.69. The second-order valence-corrected chi connectivity index (χ2v) is 6.07. The van der Waals surface area contributed by atoms with Crippen LogP contribution in [0, 0.1) is 0 Å². The number of hydrogen-bond acceptors (Lipinski definition) is 2. The summed E-state index contributed by atoms with van der Waals surface area (Å²) in [5.41, 5.74) is 5.49. The molecule has 0 unspecified atom stereocenters. The number of phenolic OH excluding ortho intramolecular Hbond substituents is 1. The highest BCUT2D eigenvalue weighted by molar-refractivity contribution is 5.87. The molecular weight excluding hydrogens is 318 g/mol. The average molecular weight is 337 g/mol. The van der Waals surface area contributed by atoms with Gasteiger partial charge in [-0.3, -0.25) is 0 Å². The Morgan fingerprint density at radius 3 is 1.73 bits per heavy atom. The zero-order valence-electron chi connectivity index (χ0n) is 14.3. The summed E-state index contributed by atoms with van der Waals surface area (Å²) in [6, 6.07) is 36.3. The normalized spacial score (nSPS) is 10.5.